The molecule has 3 aliphatic rings. The number of rotatable bonds is 2. The first-order chi connectivity index (χ1) is 5.75. The summed E-state index contributed by atoms with van der Waals surface area (Å²) >= 11 is 0. The molecule has 12 heavy (non-hydrogen) atoms. The van der Waals surface area contributed by atoms with Crippen LogP contribution in [-0.4, -0.2) is 17.2 Å². The lowest BCUT2D eigenvalue weighted by Crippen LogP contribution is -2.21. The van der Waals surface area contributed by atoms with Crippen LogP contribution in [0.1, 0.15) is 19.3 Å². The molecule has 0 aliphatic heterocycles. The molecule has 3 fully saturated rings. The summed E-state index contributed by atoms with van der Waals surface area (Å²) in [6.45, 7) is 0. The number of hydrogen-bond donors (Lipinski definition) is 2. The van der Waals surface area contributed by atoms with E-state index in [1.165, 1.54) is 19.3 Å². The minimum absolute atomic E-state index is 0.629. The molecule has 3 saturated carbocycles. The normalized spacial score (nSPS) is 54.0. The highest BCUT2D eigenvalue weighted by atomic mass is 16.4. The van der Waals surface area contributed by atoms with Crippen molar-refractivity contribution in [3.8, 4) is 0 Å². The minimum Gasteiger partial charge on any atom is -0.427 e. The maximum Gasteiger partial charge on any atom is 0.451 e. The first kappa shape index (κ1) is 7.39. The highest BCUT2D eigenvalue weighted by molar-refractivity contribution is 6.41. The summed E-state index contributed by atoms with van der Waals surface area (Å²) in [6.07, 6.45) is 4.76. The second-order valence-electron chi connectivity index (χ2n) is 4.94. The van der Waals surface area contributed by atoms with Crippen LogP contribution in [0.25, 0.3) is 0 Å². The van der Waals surface area contributed by atoms with Crippen LogP contribution in [-0.2, 0) is 0 Å². The Balaban J connectivity index is 1.68. The van der Waals surface area contributed by atoms with Crippen molar-refractivity contribution < 1.29 is 10.0 Å². The second-order valence-corrected chi connectivity index (χ2v) is 4.94. The Hall–Kier alpha value is -0.0151. The smallest absolute Gasteiger partial charge is 0.427 e. The predicted molar refractivity (Wildman–Crippen MR) is 46.3 cm³/mol. The summed E-state index contributed by atoms with van der Waals surface area (Å²) in [7, 11) is -1.06. The van der Waals surface area contributed by atoms with E-state index in [9.17, 15) is 0 Å². The van der Waals surface area contributed by atoms with Crippen LogP contribution >= 0.6 is 0 Å². The van der Waals surface area contributed by atoms with Crippen LogP contribution in [0.4, 0.5) is 0 Å². The van der Waals surface area contributed by atoms with Gasteiger partial charge < -0.3 is 10.0 Å². The van der Waals surface area contributed by atoms with Crippen molar-refractivity contribution in [2.24, 2.45) is 29.6 Å². The van der Waals surface area contributed by atoms with Gasteiger partial charge in [0.15, 0.2) is 0 Å². The molecule has 0 aromatic rings. The topological polar surface area (TPSA) is 40.5 Å². The highest BCUT2D eigenvalue weighted by Crippen LogP contribution is 2.68. The summed E-state index contributed by atoms with van der Waals surface area (Å²) in [6, 6.07) is 0. The summed E-state index contributed by atoms with van der Waals surface area (Å²) in [5.41, 5.74) is 0. The third-order valence-electron chi connectivity index (χ3n) is 4.35. The van der Waals surface area contributed by atoms with E-state index in [0.29, 0.717) is 12.2 Å². The van der Waals surface area contributed by atoms with Gasteiger partial charge in [-0.05, 0) is 55.2 Å². The zero-order valence-corrected chi connectivity index (χ0v) is 7.19. The quantitative estimate of drug-likeness (QED) is 0.594. The number of fused-ring (bicyclic) bond motifs is 5. The molecule has 3 heteroatoms. The largest absolute Gasteiger partial charge is 0.451 e. The van der Waals surface area contributed by atoms with Crippen LogP contribution in [0.2, 0.25) is 6.32 Å². The molecule has 0 radical (unpaired) electrons. The molecule has 0 spiro atoms. The van der Waals surface area contributed by atoms with Crippen LogP contribution in [0.5, 0.6) is 0 Å². The molecule has 2 bridgehead atoms. The first-order valence-corrected chi connectivity index (χ1v) is 5.12. The summed E-state index contributed by atoms with van der Waals surface area (Å²) in [5.74, 6) is 4.51. The third-order valence-corrected chi connectivity index (χ3v) is 4.35. The van der Waals surface area contributed by atoms with Crippen LogP contribution < -0.4 is 0 Å². The highest BCUT2D eigenvalue weighted by Gasteiger charge is 2.60. The maximum atomic E-state index is 8.90. The number of hydrogen-bond acceptors (Lipinski definition) is 2. The SMILES string of the molecule is OB(O)CC1CC2CC1C1CC21. The van der Waals surface area contributed by atoms with Gasteiger partial charge in [-0.2, -0.15) is 0 Å². The fraction of sp³-hybridized carbons (Fsp3) is 1.00. The van der Waals surface area contributed by atoms with E-state index in [1.807, 2.05) is 0 Å². The third kappa shape index (κ3) is 0.897. The molecule has 3 aliphatic carbocycles. The zero-order chi connectivity index (χ0) is 8.29. The molecule has 2 nitrogen and oxygen atoms in total. The molecule has 5 unspecified atom stereocenters. The van der Waals surface area contributed by atoms with Crippen molar-refractivity contribution in [3.63, 3.8) is 0 Å². The molecule has 0 amide bonds. The molecule has 3 rings (SSSR count). The molecule has 5 atom stereocenters. The summed E-state index contributed by atoms with van der Waals surface area (Å²) < 4.78 is 0. The minimum atomic E-state index is -1.06. The van der Waals surface area contributed by atoms with Gasteiger partial charge in [0, 0.05) is 0 Å². The molecule has 0 saturated heterocycles. The van der Waals surface area contributed by atoms with Crippen molar-refractivity contribution in [1.82, 2.24) is 0 Å². The standard InChI is InChI=1S/C9H15BO2/c11-10(12)4-6-1-5-2-7(6)9-3-8(5)9/h5-9,11-12H,1-4H2. The van der Waals surface area contributed by atoms with Gasteiger partial charge in [-0.25, -0.2) is 0 Å². The van der Waals surface area contributed by atoms with Gasteiger partial charge in [-0.1, -0.05) is 0 Å². The summed E-state index contributed by atoms with van der Waals surface area (Å²) in [4.78, 5) is 0. The Kier molecular flexibility index (Phi) is 1.40. The van der Waals surface area contributed by atoms with Crippen molar-refractivity contribution in [2.75, 3.05) is 0 Å². The first-order valence-electron chi connectivity index (χ1n) is 5.12. The lowest BCUT2D eigenvalue weighted by atomic mass is 9.72. The molecule has 0 aromatic heterocycles. The van der Waals surface area contributed by atoms with Gasteiger partial charge >= 0.3 is 7.12 Å². The second kappa shape index (κ2) is 2.27. The molecule has 66 valence electrons. The van der Waals surface area contributed by atoms with Crippen LogP contribution in [0, 0.1) is 29.6 Å². The Morgan fingerprint density at radius 2 is 1.83 bits per heavy atom. The van der Waals surface area contributed by atoms with Crippen molar-refractivity contribution in [2.45, 2.75) is 25.6 Å². The predicted octanol–water partition coefficient (Wildman–Crippen LogP) is 0.751. The lowest BCUT2D eigenvalue weighted by Gasteiger charge is -2.20. The molecular weight excluding hydrogens is 151 g/mol. The van der Waals surface area contributed by atoms with Gasteiger partial charge in [0.2, 0.25) is 0 Å². The van der Waals surface area contributed by atoms with E-state index < -0.39 is 7.12 Å². The average molecular weight is 166 g/mol. The van der Waals surface area contributed by atoms with Crippen LogP contribution in [0.15, 0.2) is 0 Å². The molecule has 0 aromatic carbocycles. The van der Waals surface area contributed by atoms with E-state index in [0.717, 1.165) is 23.7 Å². The van der Waals surface area contributed by atoms with E-state index in [4.69, 9.17) is 10.0 Å². The average Bonchev–Trinajstić information content (AvgIpc) is 2.61. The summed E-state index contributed by atoms with van der Waals surface area (Å²) in [5, 5.41) is 17.8. The van der Waals surface area contributed by atoms with Crippen molar-refractivity contribution in [1.29, 1.82) is 0 Å². The Morgan fingerprint density at radius 3 is 2.42 bits per heavy atom. The van der Waals surface area contributed by atoms with Gasteiger partial charge in [-0.15, -0.1) is 0 Å². The van der Waals surface area contributed by atoms with E-state index in [2.05, 4.69) is 0 Å². The molecular formula is C9H15BO2. The fourth-order valence-electron chi connectivity index (χ4n) is 3.89. The van der Waals surface area contributed by atoms with Gasteiger partial charge in [-0.3, -0.25) is 0 Å². The lowest BCUT2D eigenvalue weighted by molar-refractivity contribution is 0.309. The Labute approximate surface area is 73.1 Å². The van der Waals surface area contributed by atoms with Gasteiger partial charge in [0.05, 0.1) is 0 Å². The van der Waals surface area contributed by atoms with Crippen molar-refractivity contribution >= 4 is 7.12 Å². The van der Waals surface area contributed by atoms with Gasteiger partial charge in [0.1, 0.15) is 0 Å². The molecule has 2 N–H and O–H groups in total. The zero-order valence-electron chi connectivity index (χ0n) is 7.19. The van der Waals surface area contributed by atoms with E-state index in [1.54, 1.807) is 0 Å². The van der Waals surface area contributed by atoms with Gasteiger partial charge in [0.25, 0.3) is 0 Å². The van der Waals surface area contributed by atoms with E-state index in [-0.39, 0.29) is 0 Å². The fourth-order valence-corrected chi connectivity index (χ4v) is 3.89. The van der Waals surface area contributed by atoms with Crippen molar-refractivity contribution in [3.05, 3.63) is 0 Å². The molecule has 0 heterocycles. The Morgan fingerprint density at radius 1 is 1.00 bits per heavy atom. The van der Waals surface area contributed by atoms with Crippen LogP contribution in [0.3, 0.4) is 0 Å². The maximum absolute atomic E-state index is 8.90. The Bertz CT molecular complexity index is 205. The monoisotopic (exact) mass is 166 g/mol. The van der Waals surface area contributed by atoms with E-state index >= 15 is 0 Å².